The monoisotopic (exact) mass is 420 g/mol. The van der Waals surface area contributed by atoms with Gasteiger partial charge in [0.15, 0.2) is 9.84 Å². The van der Waals surface area contributed by atoms with E-state index < -0.39 is 15.9 Å². The Balaban J connectivity index is 1.62. The number of sulfone groups is 1. The Labute approximate surface area is 171 Å². The van der Waals surface area contributed by atoms with Gasteiger partial charge >= 0.3 is 0 Å². The number of rotatable bonds is 7. The third-order valence-electron chi connectivity index (χ3n) is 5.42. The highest BCUT2D eigenvalue weighted by atomic mass is 32.2. The maximum Gasteiger partial charge on any atom is 0.267 e. The van der Waals surface area contributed by atoms with Gasteiger partial charge < -0.3 is 10.2 Å². The Morgan fingerprint density at radius 2 is 2.00 bits per heavy atom. The van der Waals surface area contributed by atoms with Crippen molar-refractivity contribution in [3.8, 4) is 0 Å². The summed E-state index contributed by atoms with van der Waals surface area (Å²) in [5.74, 6) is -0.554. The average molecular weight is 421 g/mol. The van der Waals surface area contributed by atoms with Crippen LogP contribution < -0.4 is 5.32 Å². The lowest BCUT2D eigenvalue weighted by molar-refractivity contribution is -0.133. The van der Waals surface area contributed by atoms with Gasteiger partial charge in [0, 0.05) is 25.4 Å². The zero-order chi connectivity index (χ0) is 21.0. The number of hydrazone groups is 1. The fourth-order valence-electron chi connectivity index (χ4n) is 3.62. The fraction of sp³-hybridized carbons (Fsp3) is 0.550. The molecule has 1 N–H and O–H groups in total. The first kappa shape index (κ1) is 21.4. The minimum atomic E-state index is -3.14. The van der Waals surface area contributed by atoms with Crippen LogP contribution in [0.1, 0.15) is 24.8 Å². The summed E-state index contributed by atoms with van der Waals surface area (Å²) in [5, 5.41) is 8.37. The van der Waals surface area contributed by atoms with Gasteiger partial charge in [0.25, 0.3) is 5.91 Å². The second-order valence-corrected chi connectivity index (χ2v) is 10.1. The third-order valence-corrected chi connectivity index (χ3v) is 7.17. The molecule has 0 aliphatic carbocycles. The molecular formula is C20H28N4O4S. The number of nitrogens with one attached hydrogen (secondary N) is 1. The van der Waals surface area contributed by atoms with Gasteiger partial charge in [0.2, 0.25) is 5.91 Å². The van der Waals surface area contributed by atoms with E-state index >= 15 is 0 Å². The van der Waals surface area contributed by atoms with E-state index in [0.29, 0.717) is 13.0 Å². The predicted molar refractivity (Wildman–Crippen MR) is 111 cm³/mol. The molecule has 9 heteroatoms. The van der Waals surface area contributed by atoms with Gasteiger partial charge in [-0.1, -0.05) is 30.3 Å². The van der Waals surface area contributed by atoms with Crippen LogP contribution in [0.2, 0.25) is 0 Å². The summed E-state index contributed by atoms with van der Waals surface area (Å²) in [4.78, 5) is 26.9. The van der Waals surface area contributed by atoms with Gasteiger partial charge in [0.05, 0.1) is 17.5 Å². The van der Waals surface area contributed by atoms with E-state index in [4.69, 9.17) is 0 Å². The van der Waals surface area contributed by atoms with E-state index in [1.165, 1.54) is 10.6 Å². The van der Waals surface area contributed by atoms with Crippen molar-refractivity contribution < 1.29 is 18.0 Å². The zero-order valence-electron chi connectivity index (χ0n) is 16.9. The molecule has 1 saturated heterocycles. The molecule has 2 aliphatic rings. The molecule has 2 unspecified atom stereocenters. The Kier molecular flexibility index (Phi) is 6.69. The molecule has 3 rings (SSSR count). The van der Waals surface area contributed by atoms with Crippen molar-refractivity contribution in [2.75, 3.05) is 32.1 Å². The van der Waals surface area contributed by atoms with Crippen molar-refractivity contribution in [2.45, 2.75) is 37.8 Å². The van der Waals surface area contributed by atoms with Crippen LogP contribution in [0.4, 0.5) is 0 Å². The summed E-state index contributed by atoms with van der Waals surface area (Å²) >= 11 is 0. The molecule has 0 aromatic heterocycles. The highest BCUT2D eigenvalue weighted by molar-refractivity contribution is 7.91. The van der Waals surface area contributed by atoms with Crippen LogP contribution in [-0.2, 0) is 25.8 Å². The Bertz CT molecular complexity index is 883. The number of hydrogen-bond donors (Lipinski definition) is 1. The van der Waals surface area contributed by atoms with Crippen LogP contribution in [0.25, 0.3) is 0 Å². The molecule has 0 radical (unpaired) electrons. The molecule has 1 aromatic rings. The number of carbonyl (C=O) groups is 2. The molecule has 158 valence electrons. The van der Waals surface area contributed by atoms with Crippen molar-refractivity contribution >= 4 is 27.4 Å². The molecule has 0 spiro atoms. The number of carbonyl (C=O) groups excluding carboxylic acids is 2. The molecule has 1 aromatic carbocycles. The number of hydrogen-bond acceptors (Lipinski definition) is 6. The van der Waals surface area contributed by atoms with Crippen molar-refractivity contribution in [1.29, 1.82) is 0 Å². The highest BCUT2D eigenvalue weighted by Gasteiger charge is 2.37. The smallest absolute Gasteiger partial charge is 0.267 e. The summed E-state index contributed by atoms with van der Waals surface area (Å²) in [6.07, 6.45) is 1.60. The minimum Gasteiger partial charge on any atom is -0.349 e. The van der Waals surface area contributed by atoms with Gasteiger partial charge in [-0.15, -0.1) is 0 Å². The summed E-state index contributed by atoms with van der Waals surface area (Å²) in [5.41, 5.74) is 1.47. The summed E-state index contributed by atoms with van der Waals surface area (Å²) in [6.45, 7) is 0.450. The van der Waals surface area contributed by atoms with Gasteiger partial charge in [-0.2, -0.15) is 5.10 Å². The normalized spacial score (nSPS) is 22.4. The van der Waals surface area contributed by atoms with Crippen LogP contribution >= 0.6 is 0 Å². The summed E-state index contributed by atoms with van der Waals surface area (Å²) in [7, 11) is 0.806. The molecule has 2 heterocycles. The number of nitrogens with zero attached hydrogens (tertiary/aromatic N) is 3. The van der Waals surface area contributed by atoms with Gasteiger partial charge in [-0.3, -0.25) is 9.59 Å². The molecule has 8 nitrogen and oxygen atoms in total. The van der Waals surface area contributed by atoms with Crippen LogP contribution in [0, 0.1) is 0 Å². The van der Waals surface area contributed by atoms with Gasteiger partial charge in [-0.25, -0.2) is 13.4 Å². The van der Waals surface area contributed by atoms with E-state index in [0.717, 1.165) is 6.42 Å². The second kappa shape index (κ2) is 9.04. The molecular weight excluding hydrogens is 392 g/mol. The molecule has 0 bridgehead atoms. The van der Waals surface area contributed by atoms with E-state index in [9.17, 15) is 18.0 Å². The summed E-state index contributed by atoms with van der Waals surface area (Å²) in [6, 6.07) is 9.72. The fourth-order valence-corrected chi connectivity index (χ4v) is 5.32. The van der Waals surface area contributed by atoms with Crippen molar-refractivity contribution in [2.24, 2.45) is 5.10 Å². The predicted octanol–water partition coefficient (Wildman–Crippen LogP) is 0.441. The zero-order valence-corrected chi connectivity index (χ0v) is 17.7. The Hall–Kier alpha value is -2.26. The van der Waals surface area contributed by atoms with Gasteiger partial charge in [0.1, 0.15) is 5.71 Å². The number of likely N-dealkylation sites (N-methyl/N-ethyl adjacent to an activating group) is 1. The number of benzene rings is 1. The SMILES string of the molecule is CN(C)C(CNC(=O)C1=NN(C2CCS(=O)(=O)C2)C(=O)CC1)Cc1ccccc1. The Morgan fingerprint density at radius 1 is 1.28 bits per heavy atom. The first-order valence-corrected chi connectivity index (χ1v) is 11.7. The highest BCUT2D eigenvalue weighted by Crippen LogP contribution is 2.22. The second-order valence-electron chi connectivity index (χ2n) is 7.86. The van der Waals surface area contributed by atoms with Crippen LogP contribution in [0.3, 0.4) is 0 Å². The Morgan fingerprint density at radius 3 is 2.62 bits per heavy atom. The molecule has 2 amide bonds. The third kappa shape index (κ3) is 5.63. The first-order valence-electron chi connectivity index (χ1n) is 9.83. The molecule has 2 aliphatic heterocycles. The van der Waals surface area contributed by atoms with Crippen molar-refractivity contribution in [3.05, 3.63) is 35.9 Å². The molecule has 1 fully saturated rings. The number of amides is 2. The topological polar surface area (TPSA) is 99.2 Å². The maximum absolute atomic E-state index is 12.7. The standard InChI is InChI=1S/C20H28N4O4S/c1-23(2)17(12-15-6-4-3-5-7-15)13-21-20(26)18-8-9-19(25)24(22-18)16-10-11-29(27,28)14-16/h3-7,16-17H,8-14H2,1-2H3,(H,21,26). The van der Waals surface area contributed by atoms with Crippen molar-refractivity contribution in [3.63, 3.8) is 0 Å². The van der Waals surface area contributed by atoms with Crippen LogP contribution in [0.5, 0.6) is 0 Å². The first-order chi connectivity index (χ1) is 13.7. The van der Waals surface area contributed by atoms with Crippen LogP contribution in [-0.4, -0.2) is 80.1 Å². The lowest BCUT2D eigenvalue weighted by atomic mass is 10.0. The van der Waals surface area contributed by atoms with E-state index in [-0.39, 0.29) is 47.9 Å². The van der Waals surface area contributed by atoms with Gasteiger partial charge in [-0.05, 0) is 32.5 Å². The quantitative estimate of drug-likeness (QED) is 0.690. The van der Waals surface area contributed by atoms with Crippen LogP contribution in [0.15, 0.2) is 35.4 Å². The van der Waals surface area contributed by atoms with E-state index in [1.807, 2.05) is 32.3 Å². The van der Waals surface area contributed by atoms with Crippen molar-refractivity contribution in [1.82, 2.24) is 15.2 Å². The summed E-state index contributed by atoms with van der Waals surface area (Å²) < 4.78 is 23.5. The molecule has 0 saturated carbocycles. The maximum atomic E-state index is 12.7. The molecule has 29 heavy (non-hydrogen) atoms. The lowest BCUT2D eigenvalue weighted by Gasteiger charge is -2.28. The average Bonchev–Trinajstić information content (AvgIpc) is 3.05. The van der Waals surface area contributed by atoms with E-state index in [2.05, 4.69) is 27.5 Å². The largest absolute Gasteiger partial charge is 0.349 e. The van der Waals surface area contributed by atoms with E-state index in [1.54, 1.807) is 0 Å². The molecule has 2 atom stereocenters. The minimum absolute atomic E-state index is 0.0580. The lowest BCUT2D eigenvalue weighted by Crippen LogP contribution is -2.47.